The van der Waals surface area contributed by atoms with Crippen LogP contribution in [0.2, 0.25) is 5.02 Å². The molecule has 0 bridgehead atoms. The van der Waals surface area contributed by atoms with Crippen LogP contribution in [0.4, 0.5) is 0 Å². The summed E-state index contributed by atoms with van der Waals surface area (Å²) in [6, 6.07) is 16.8. The van der Waals surface area contributed by atoms with Gasteiger partial charge in [0, 0.05) is 22.7 Å². The highest BCUT2D eigenvalue weighted by Crippen LogP contribution is 2.19. The van der Waals surface area contributed by atoms with Crippen LogP contribution in [0.15, 0.2) is 71.3 Å². The van der Waals surface area contributed by atoms with Gasteiger partial charge in [-0.25, -0.2) is 0 Å². The smallest absolute Gasteiger partial charge is 0.251 e. The molecule has 0 unspecified atom stereocenters. The molecular weight excluding hydrogens is 380 g/mol. The van der Waals surface area contributed by atoms with E-state index in [4.69, 9.17) is 16.0 Å². The summed E-state index contributed by atoms with van der Waals surface area (Å²) >= 11 is 5.90. The largest absolute Gasteiger partial charge is 0.508 e. The Kier molecular flexibility index (Phi) is 6.34. The highest BCUT2D eigenvalue weighted by Gasteiger charge is 2.18. The van der Waals surface area contributed by atoms with E-state index < -0.39 is 5.91 Å². The van der Waals surface area contributed by atoms with E-state index >= 15 is 0 Å². The molecule has 3 rings (SSSR count). The van der Waals surface area contributed by atoms with Crippen molar-refractivity contribution >= 4 is 23.4 Å². The van der Waals surface area contributed by atoms with Gasteiger partial charge in [-0.3, -0.25) is 9.59 Å². The van der Waals surface area contributed by atoms with Crippen molar-refractivity contribution in [2.75, 3.05) is 6.54 Å². The molecule has 2 aromatic carbocycles. The zero-order chi connectivity index (χ0) is 19.9. The minimum atomic E-state index is -0.392. The van der Waals surface area contributed by atoms with Crippen molar-refractivity contribution < 1.29 is 19.1 Å². The van der Waals surface area contributed by atoms with Gasteiger partial charge in [0.15, 0.2) is 0 Å². The Hall–Kier alpha value is -3.25. The molecule has 0 saturated heterocycles. The zero-order valence-electron chi connectivity index (χ0n) is 15.0. The Morgan fingerprint density at radius 3 is 2.57 bits per heavy atom. The first-order valence-corrected chi connectivity index (χ1v) is 9.01. The summed E-state index contributed by atoms with van der Waals surface area (Å²) in [5.41, 5.74) is 0.974. The Labute approximate surface area is 167 Å². The number of benzene rings is 2. The third kappa shape index (κ3) is 5.14. The molecule has 1 heterocycles. The van der Waals surface area contributed by atoms with Crippen LogP contribution in [-0.2, 0) is 17.9 Å². The number of para-hydroxylation sites is 1. The quantitative estimate of drug-likeness (QED) is 0.637. The number of nitrogens with zero attached hydrogens (tertiary/aromatic N) is 1. The number of phenols is 1. The van der Waals surface area contributed by atoms with Gasteiger partial charge < -0.3 is 19.7 Å². The third-order valence-electron chi connectivity index (χ3n) is 4.12. The molecule has 0 fully saturated rings. The number of carbonyl (C=O) groups excluding carboxylic acids is 2. The first-order valence-electron chi connectivity index (χ1n) is 8.63. The molecule has 2 amide bonds. The van der Waals surface area contributed by atoms with Crippen LogP contribution < -0.4 is 5.32 Å². The number of hydrogen-bond acceptors (Lipinski definition) is 4. The van der Waals surface area contributed by atoms with Gasteiger partial charge >= 0.3 is 0 Å². The molecule has 0 aliphatic rings. The number of furan rings is 1. The predicted octanol–water partition coefficient (Wildman–Crippen LogP) is 3.60. The lowest BCUT2D eigenvalue weighted by Gasteiger charge is -2.22. The Balaban J connectivity index is 1.69. The summed E-state index contributed by atoms with van der Waals surface area (Å²) in [7, 11) is 0. The molecule has 0 saturated carbocycles. The van der Waals surface area contributed by atoms with Crippen LogP contribution >= 0.6 is 11.6 Å². The number of carbonyl (C=O) groups is 2. The fourth-order valence-electron chi connectivity index (χ4n) is 2.67. The van der Waals surface area contributed by atoms with Gasteiger partial charge in [-0.15, -0.1) is 0 Å². The molecule has 0 aliphatic heterocycles. The number of aromatic hydroxyl groups is 1. The monoisotopic (exact) mass is 398 g/mol. The first-order chi connectivity index (χ1) is 13.5. The third-order valence-corrected chi connectivity index (χ3v) is 4.35. The van der Waals surface area contributed by atoms with E-state index in [0.29, 0.717) is 21.9 Å². The van der Waals surface area contributed by atoms with Gasteiger partial charge in [-0.05, 0) is 36.4 Å². The van der Waals surface area contributed by atoms with E-state index in [1.807, 2.05) is 0 Å². The van der Waals surface area contributed by atoms with Crippen LogP contribution in [-0.4, -0.2) is 28.4 Å². The maximum Gasteiger partial charge on any atom is 0.251 e. The Morgan fingerprint density at radius 2 is 1.86 bits per heavy atom. The number of phenolic OH excluding ortho intramolecular Hbond substituents is 1. The summed E-state index contributed by atoms with van der Waals surface area (Å²) in [5.74, 6) is -0.000894. The lowest BCUT2D eigenvalue weighted by molar-refractivity contribution is -0.131. The second kappa shape index (κ2) is 9.10. The molecular formula is C21H19ClN2O4. The Bertz CT molecular complexity index is 957. The molecule has 3 aromatic rings. The van der Waals surface area contributed by atoms with E-state index in [2.05, 4.69) is 5.32 Å². The van der Waals surface area contributed by atoms with Crippen LogP contribution in [0.3, 0.4) is 0 Å². The summed E-state index contributed by atoms with van der Waals surface area (Å²) in [5, 5.41) is 13.1. The van der Waals surface area contributed by atoms with E-state index in [1.165, 1.54) is 17.2 Å². The summed E-state index contributed by atoms with van der Waals surface area (Å²) < 4.78 is 5.33. The summed E-state index contributed by atoms with van der Waals surface area (Å²) in [6.07, 6.45) is 1.53. The SMILES string of the molecule is O=C(NCC(=O)N(Cc1ccco1)Cc1ccccc1O)c1cccc(Cl)c1. The van der Waals surface area contributed by atoms with Crippen molar-refractivity contribution in [3.05, 3.63) is 88.8 Å². The number of nitrogens with one attached hydrogen (secondary N) is 1. The van der Waals surface area contributed by atoms with Crippen LogP contribution in [0, 0.1) is 0 Å². The fraction of sp³-hybridized carbons (Fsp3) is 0.143. The second-order valence-corrected chi connectivity index (χ2v) is 6.59. The summed E-state index contributed by atoms with van der Waals surface area (Å²) in [4.78, 5) is 26.5. The van der Waals surface area contributed by atoms with Crippen molar-refractivity contribution in [3.63, 3.8) is 0 Å². The van der Waals surface area contributed by atoms with Gasteiger partial charge in [0.25, 0.3) is 5.91 Å². The van der Waals surface area contributed by atoms with E-state index in [0.717, 1.165) is 0 Å². The van der Waals surface area contributed by atoms with Gasteiger partial charge in [-0.2, -0.15) is 0 Å². The Morgan fingerprint density at radius 1 is 1.04 bits per heavy atom. The first kappa shape index (κ1) is 19.5. The minimum absolute atomic E-state index is 0.0997. The molecule has 0 radical (unpaired) electrons. The van der Waals surface area contributed by atoms with Gasteiger partial charge in [0.05, 0.1) is 19.4 Å². The molecule has 28 heavy (non-hydrogen) atoms. The molecule has 0 aliphatic carbocycles. The molecule has 0 spiro atoms. The van der Waals surface area contributed by atoms with E-state index in [9.17, 15) is 14.7 Å². The van der Waals surface area contributed by atoms with Crippen molar-refractivity contribution in [2.24, 2.45) is 0 Å². The average Bonchev–Trinajstić information content (AvgIpc) is 3.20. The lowest BCUT2D eigenvalue weighted by Crippen LogP contribution is -2.39. The topological polar surface area (TPSA) is 82.8 Å². The molecule has 0 atom stereocenters. The van der Waals surface area contributed by atoms with Gasteiger partial charge in [-0.1, -0.05) is 35.9 Å². The maximum atomic E-state index is 12.7. The van der Waals surface area contributed by atoms with E-state index in [-0.39, 0.29) is 31.3 Å². The zero-order valence-corrected chi connectivity index (χ0v) is 15.7. The average molecular weight is 399 g/mol. The van der Waals surface area contributed by atoms with Crippen molar-refractivity contribution in [1.29, 1.82) is 0 Å². The van der Waals surface area contributed by atoms with Crippen molar-refractivity contribution in [2.45, 2.75) is 13.1 Å². The van der Waals surface area contributed by atoms with Crippen LogP contribution in [0.5, 0.6) is 5.75 Å². The fourth-order valence-corrected chi connectivity index (χ4v) is 2.86. The second-order valence-electron chi connectivity index (χ2n) is 6.15. The van der Waals surface area contributed by atoms with Crippen molar-refractivity contribution in [3.8, 4) is 5.75 Å². The highest BCUT2D eigenvalue weighted by atomic mass is 35.5. The normalized spacial score (nSPS) is 10.5. The number of hydrogen-bond donors (Lipinski definition) is 2. The predicted molar refractivity (Wildman–Crippen MR) is 105 cm³/mol. The van der Waals surface area contributed by atoms with Crippen LogP contribution in [0.1, 0.15) is 21.7 Å². The molecule has 2 N–H and O–H groups in total. The minimum Gasteiger partial charge on any atom is -0.508 e. The number of halogens is 1. The van der Waals surface area contributed by atoms with Gasteiger partial charge in [0.1, 0.15) is 11.5 Å². The number of amides is 2. The van der Waals surface area contributed by atoms with Crippen molar-refractivity contribution in [1.82, 2.24) is 10.2 Å². The van der Waals surface area contributed by atoms with Gasteiger partial charge in [0.2, 0.25) is 5.91 Å². The highest BCUT2D eigenvalue weighted by molar-refractivity contribution is 6.30. The molecule has 6 nitrogen and oxygen atoms in total. The van der Waals surface area contributed by atoms with E-state index in [1.54, 1.807) is 54.6 Å². The molecule has 1 aromatic heterocycles. The standard InChI is InChI=1S/C21H19ClN2O4/c22-17-7-3-6-15(11-17)21(27)23-12-20(26)24(14-18-8-4-10-28-18)13-16-5-1-2-9-19(16)25/h1-11,25H,12-14H2,(H,23,27). The maximum absolute atomic E-state index is 12.7. The molecule has 7 heteroatoms. The summed E-state index contributed by atoms with van der Waals surface area (Å²) in [6.45, 7) is 0.200. The number of rotatable bonds is 7. The molecule has 144 valence electrons. The van der Waals surface area contributed by atoms with Crippen LogP contribution in [0.25, 0.3) is 0 Å². The lowest BCUT2D eigenvalue weighted by atomic mass is 10.2.